The summed E-state index contributed by atoms with van der Waals surface area (Å²) in [6.45, 7) is 4.63. The van der Waals surface area contributed by atoms with E-state index in [9.17, 15) is 18.0 Å². The minimum Gasteiger partial charge on any atom is -0.460 e. The molecule has 0 saturated heterocycles. The predicted octanol–water partition coefficient (Wildman–Crippen LogP) is 7.10. The lowest BCUT2D eigenvalue weighted by Gasteiger charge is -2.16. The summed E-state index contributed by atoms with van der Waals surface area (Å²) in [5, 5.41) is 0.185. The lowest BCUT2D eigenvalue weighted by molar-refractivity contribution is -0.274. The number of aromatic nitrogens is 1. The van der Waals surface area contributed by atoms with Gasteiger partial charge in [0, 0.05) is 29.1 Å². The Hall–Kier alpha value is -3.49. The minimum atomic E-state index is -4.71. The van der Waals surface area contributed by atoms with Crippen molar-refractivity contribution in [2.45, 2.75) is 33.3 Å². The number of pyridine rings is 1. The highest BCUT2D eigenvalue weighted by molar-refractivity contribution is 6.31. The van der Waals surface area contributed by atoms with Gasteiger partial charge in [0.2, 0.25) is 5.43 Å². The van der Waals surface area contributed by atoms with Crippen LogP contribution in [0.25, 0.3) is 22.5 Å². The van der Waals surface area contributed by atoms with E-state index in [0.717, 1.165) is 28.1 Å². The number of nitrogens with zero attached hydrogens (tertiary/aromatic N) is 1. The Kier molecular flexibility index (Phi) is 7.28. The molecule has 0 spiro atoms. The normalized spacial score (nSPS) is 11.8. The second kappa shape index (κ2) is 10.2. The monoisotopic (exact) mass is 516 g/mol. The molecule has 1 N–H and O–H groups in total. The zero-order chi connectivity index (χ0) is 26.0. The first-order valence-electron chi connectivity index (χ1n) is 11.1. The van der Waals surface area contributed by atoms with Crippen LogP contribution in [-0.4, -0.2) is 23.3 Å². The van der Waals surface area contributed by atoms with Gasteiger partial charge in [-0.05, 0) is 56.3 Å². The third-order valence-electron chi connectivity index (χ3n) is 5.66. The van der Waals surface area contributed by atoms with Crippen LogP contribution in [0.4, 0.5) is 13.2 Å². The first kappa shape index (κ1) is 25.6. The minimum absolute atomic E-state index is 0.185. The summed E-state index contributed by atoms with van der Waals surface area (Å²) in [7, 11) is 1.89. The van der Waals surface area contributed by atoms with E-state index in [1.807, 2.05) is 55.3 Å². The van der Waals surface area contributed by atoms with E-state index in [1.165, 1.54) is 12.1 Å². The lowest BCUT2D eigenvalue weighted by Crippen LogP contribution is -2.18. The molecule has 0 unspecified atom stereocenters. The number of furan rings is 1. The van der Waals surface area contributed by atoms with E-state index in [2.05, 4.69) is 9.72 Å². The van der Waals surface area contributed by atoms with E-state index in [4.69, 9.17) is 16.0 Å². The molecule has 0 aliphatic rings. The molecular formula is C27H24ClF3N2O3. The number of rotatable bonds is 7. The molecule has 0 radical (unpaired) electrons. The van der Waals surface area contributed by atoms with Crippen LogP contribution in [0.2, 0.25) is 5.02 Å². The maximum atomic E-state index is 12.6. The van der Waals surface area contributed by atoms with Gasteiger partial charge in [-0.25, -0.2) is 0 Å². The molecule has 4 rings (SSSR count). The summed E-state index contributed by atoms with van der Waals surface area (Å²) in [5.74, 6) is 1.18. The van der Waals surface area contributed by atoms with Gasteiger partial charge in [-0.2, -0.15) is 0 Å². The molecule has 188 valence electrons. The molecule has 0 atom stereocenters. The number of aromatic amines is 1. The molecule has 4 aromatic rings. The fourth-order valence-corrected chi connectivity index (χ4v) is 4.19. The van der Waals surface area contributed by atoms with Crippen molar-refractivity contribution >= 4 is 11.6 Å². The third-order valence-corrected chi connectivity index (χ3v) is 6.12. The zero-order valence-corrected chi connectivity index (χ0v) is 20.6. The van der Waals surface area contributed by atoms with Gasteiger partial charge in [0.15, 0.2) is 0 Å². The van der Waals surface area contributed by atoms with Crippen molar-refractivity contribution < 1.29 is 22.3 Å². The number of halogens is 4. The molecule has 2 aromatic carbocycles. The van der Waals surface area contributed by atoms with Crippen LogP contribution in [-0.2, 0) is 13.1 Å². The van der Waals surface area contributed by atoms with E-state index < -0.39 is 6.36 Å². The highest BCUT2D eigenvalue weighted by Gasteiger charge is 2.31. The number of alkyl halides is 3. The molecular weight excluding hydrogens is 493 g/mol. The summed E-state index contributed by atoms with van der Waals surface area (Å²) in [6, 6.07) is 17.0. The van der Waals surface area contributed by atoms with Crippen LogP contribution in [0.1, 0.15) is 22.7 Å². The van der Waals surface area contributed by atoms with Crippen LogP contribution in [0.15, 0.2) is 69.9 Å². The Morgan fingerprint density at radius 3 is 2.19 bits per heavy atom. The topological polar surface area (TPSA) is 58.5 Å². The fraction of sp³-hybridized carbons (Fsp3) is 0.222. The van der Waals surface area contributed by atoms with Gasteiger partial charge in [-0.15, -0.1) is 13.2 Å². The van der Waals surface area contributed by atoms with Gasteiger partial charge in [0.25, 0.3) is 0 Å². The molecule has 0 amide bonds. The number of benzene rings is 2. The van der Waals surface area contributed by atoms with Gasteiger partial charge in [0.05, 0.1) is 6.54 Å². The molecule has 36 heavy (non-hydrogen) atoms. The van der Waals surface area contributed by atoms with Crippen molar-refractivity contribution in [3.8, 4) is 28.2 Å². The van der Waals surface area contributed by atoms with Crippen molar-refractivity contribution in [3.63, 3.8) is 0 Å². The number of H-pyrrole nitrogens is 1. The number of hydrogen-bond donors (Lipinski definition) is 1. The molecule has 0 saturated carbocycles. The van der Waals surface area contributed by atoms with E-state index in [1.54, 1.807) is 19.1 Å². The van der Waals surface area contributed by atoms with Crippen molar-refractivity contribution in [2.75, 3.05) is 7.05 Å². The number of nitrogens with one attached hydrogen (secondary N) is 1. The zero-order valence-electron chi connectivity index (χ0n) is 19.9. The molecule has 2 aromatic heterocycles. The Morgan fingerprint density at radius 2 is 1.56 bits per heavy atom. The quantitative estimate of drug-likeness (QED) is 0.284. The first-order chi connectivity index (χ1) is 17.0. The Morgan fingerprint density at radius 1 is 0.917 bits per heavy atom. The molecule has 0 bridgehead atoms. The van der Waals surface area contributed by atoms with Crippen molar-refractivity contribution in [1.29, 1.82) is 0 Å². The van der Waals surface area contributed by atoms with E-state index >= 15 is 0 Å². The van der Waals surface area contributed by atoms with Crippen LogP contribution in [0, 0.1) is 13.8 Å². The third kappa shape index (κ3) is 6.01. The summed E-state index contributed by atoms with van der Waals surface area (Å²) in [6.07, 6.45) is -4.71. The van der Waals surface area contributed by atoms with Gasteiger partial charge in [-0.1, -0.05) is 48.0 Å². The standard InChI is InChI=1S/C27H24ClF3N2O3/c1-16-24(26(34)25(28)17(2)32-16)20-8-6-19(7-9-20)23-13-12-22(35-23)15-33(3)14-18-4-10-21(11-5-18)36-27(29,30)31/h4-13H,14-15H2,1-3H3,(H,32,34). The van der Waals surface area contributed by atoms with Crippen LogP contribution in [0.5, 0.6) is 5.75 Å². The SMILES string of the molecule is Cc1[nH]c(C)c(-c2ccc(-c3ccc(CN(C)Cc4ccc(OC(F)(F)F)cc4)o3)cc2)c(=O)c1Cl. The molecule has 9 heteroatoms. The average molecular weight is 517 g/mol. The number of ether oxygens (including phenoxy) is 1. The van der Waals surface area contributed by atoms with Crippen LogP contribution < -0.4 is 10.2 Å². The highest BCUT2D eigenvalue weighted by Crippen LogP contribution is 2.28. The highest BCUT2D eigenvalue weighted by atomic mass is 35.5. The first-order valence-corrected chi connectivity index (χ1v) is 11.5. The largest absolute Gasteiger partial charge is 0.573 e. The van der Waals surface area contributed by atoms with Crippen molar-refractivity contribution in [2.24, 2.45) is 0 Å². The van der Waals surface area contributed by atoms with E-state index in [-0.39, 0.29) is 16.2 Å². The maximum absolute atomic E-state index is 12.6. The van der Waals surface area contributed by atoms with Crippen LogP contribution in [0.3, 0.4) is 0 Å². The Balaban J connectivity index is 1.41. The fourth-order valence-electron chi connectivity index (χ4n) is 4.05. The molecule has 0 aliphatic carbocycles. The van der Waals surface area contributed by atoms with Crippen molar-refractivity contribution in [1.82, 2.24) is 9.88 Å². The second-order valence-electron chi connectivity index (χ2n) is 8.60. The average Bonchev–Trinajstić information content (AvgIpc) is 3.26. The number of hydrogen-bond acceptors (Lipinski definition) is 4. The summed E-state index contributed by atoms with van der Waals surface area (Å²) < 4.78 is 46.9. The second-order valence-corrected chi connectivity index (χ2v) is 8.98. The van der Waals surface area contributed by atoms with Crippen LogP contribution >= 0.6 is 11.6 Å². The maximum Gasteiger partial charge on any atom is 0.573 e. The smallest absolute Gasteiger partial charge is 0.460 e. The lowest BCUT2D eigenvalue weighted by atomic mass is 10.0. The van der Waals surface area contributed by atoms with Gasteiger partial charge < -0.3 is 14.1 Å². The van der Waals surface area contributed by atoms with Gasteiger partial charge in [0.1, 0.15) is 22.3 Å². The molecule has 0 aliphatic heterocycles. The molecule has 5 nitrogen and oxygen atoms in total. The van der Waals surface area contributed by atoms with Gasteiger partial charge in [-0.3, -0.25) is 9.69 Å². The molecule has 2 heterocycles. The number of aryl methyl sites for hydroxylation is 2. The van der Waals surface area contributed by atoms with E-state index in [0.29, 0.717) is 30.1 Å². The van der Waals surface area contributed by atoms with Gasteiger partial charge >= 0.3 is 6.36 Å². The summed E-state index contributed by atoms with van der Waals surface area (Å²) in [4.78, 5) is 17.8. The van der Waals surface area contributed by atoms with Crippen molar-refractivity contribution in [3.05, 3.63) is 98.6 Å². The summed E-state index contributed by atoms with van der Waals surface area (Å²) >= 11 is 6.15. The molecule has 0 fully saturated rings. The summed E-state index contributed by atoms with van der Waals surface area (Å²) in [5.41, 5.74) is 4.19. The predicted molar refractivity (Wildman–Crippen MR) is 133 cm³/mol. The Bertz CT molecular complexity index is 1410. The Labute approximate surface area is 211 Å².